The van der Waals surface area contributed by atoms with Gasteiger partial charge in [0, 0.05) is 36.6 Å². The van der Waals surface area contributed by atoms with Gasteiger partial charge in [0.2, 0.25) is 5.91 Å². The van der Waals surface area contributed by atoms with Crippen molar-refractivity contribution in [2.24, 2.45) is 0 Å². The molecule has 0 aliphatic heterocycles. The van der Waals surface area contributed by atoms with E-state index >= 15 is 0 Å². The zero-order valence-corrected chi connectivity index (χ0v) is 10.4. The summed E-state index contributed by atoms with van der Waals surface area (Å²) in [4.78, 5) is 26.6. The number of aromatic nitrogens is 1. The predicted molar refractivity (Wildman–Crippen MR) is 69.0 cm³/mol. The van der Waals surface area contributed by atoms with Crippen LogP contribution in [0.25, 0.3) is 0 Å². The van der Waals surface area contributed by atoms with E-state index in [0.29, 0.717) is 30.6 Å². The van der Waals surface area contributed by atoms with Crippen molar-refractivity contribution in [3.05, 3.63) is 42.2 Å². The molecule has 5 nitrogen and oxygen atoms in total. The minimum absolute atomic E-state index is 0.136. The zero-order valence-electron chi connectivity index (χ0n) is 10.4. The van der Waals surface area contributed by atoms with Crippen molar-refractivity contribution in [2.75, 3.05) is 13.1 Å². The molecule has 1 heterocycles. The van der Waals surface area contributed by atoms with Crippen LogP contribution < -0.4 is 10.6 Å². The fourth-order valence-electron chi connectivity index (χ4n) is 1.25. The van der Waals surface area contributed by atoms with E-state index in [1.165, 1.54) is 0 Å². The van der Waals surface area contributed by atoms with Gasteiger partial charge >= 0.3 is 0 Å². The van der Waals surface area contributed by atoms with Crippen LogP contribution in [0.2, 0.25) is 0 Å². The standard InChI is InChI=1S/C13H17N3O2/c1-10(2)12(17)15-6-3-7-16-13(18)11-4-8-14-9-5-11/h4-5,8-9H,1,3,6-7H2,2H3,(H,15,17)(H,16,18). The number of rotatable bonds is 6. The SMILES string of the molecule is C=C(C)C(=O)NCCCNC(=O)c1ccncc1. The second-order valence-corrected chi connectivity index (χ2v) is 3.88. The monoisotopic (exact) mass is 247 g/mol. The molecule has 0 radical (unpaired) electrons. The van der Waals surface area contributed by atoms with Crippen molar-refractivity contribution in [2.45, 2.75) is 13.3 Å². The Morgan fingerprint density at radius 2 is 1.83 bits per heavy atom. The normalized spacial score (nSPS) is 9.61. The maximum atomic E-state index is 11.6. The van der Waals surface area contributed by atoms with Crippen molar-refractivity contribution in [1.82, 2.24) is 15.6 Å². The van der Waals surface area contributed by atoms with Gasteiger partial charge in [-0.15, -0.1) is 0 Å². The number of nitrogens with zero attached hydrogens (tertiary/aromatic N) is 1. The molecule has 2 N–H and O–H groups in total. The quantitative estimate of drug-likeness (QED) is 0.579. The van der Waals surface area contributed by atoms with Gasteiger partial charge in [-0.25, -0.2) is 0 Å². The van der Waals surface area contributed by atoms with Crippen molar-refractivity contribution in [3.63, 3.8) is 0 Å². The van der Waals surface area contributed by atoms with Crippen LogP contribution in [0, 0.1) is 0 Å². The molecule has 0 spiro atoms. The van der Waals surface area contributed by atoms with Gasteiger partial charge in [0.05, 0.1) is 0 Å². The average Bonchev–Trinajstić information content (AvgIpc) is 2.38. The molecule has 0 aliphatic rings. The summed E-state index contributed by atoms with van der Waals surface area (Å²) in [5.41, 5.74) is 1.06. The number of hydrogen-bond acceptors (Lipinski definition) is 3. The summed E-state index contributed by atoms with van der Waals surface area (Å²) in [6, 6.07) is 3.30. The first-order chi connectivity index (χ1) is 8.61. The number of nitrogens with one attached hydrogen (secondary N) is 2. The molecule has 5 heteroatoms. The van der Waals surface area contributed by atoms with E-state index in [0.717, 1.165) is 0 Å². The number of carbonyl (C=O) groups excluding carboxylic acids is 2. The fraction of sp³-hybridized carbons (Fsp3) is 0.308. The molecule has 0 saturated carbocycles. The molecule has 0 aromatic carbocycles. The molecular weight excluding hydrogens is 230 g/mol. The molecule has 0 bridgehead atoms. The minimum atomic E-state index is -0.157. The number of pyridine rings is 1. The number of hydrogen-bond donors (Lipinski definition) is 2. The molecule has 18 heavy (non-hydrogen) atoms. The Balaban J connectivity index is 2.17. The maximum absolute atomic E-state index is 11.6. The highest BCUT2D eigenvalue weighted by Gasteiger charge is 2.03. The lowest BCUT2D eigenvalue weighted by molar-refractivity contribution is -0.117. The molecule has 0 unspecified atom stereocenters. The van der Waals surface area contributed by atoms with Gasteiger partial charge in [0.15, 0.2) is 0 Å². The highest BCUT2D eigenvalue weighted by atomic mass is 16.2. The van der Waals surface area contributed by atoms with Crippen LogP contribution in [0.15, 0.2) is 36.7 Å². The zero-order chi connectivity index (χ0) is 13.4. The van der Waals surface area contributed by atoms with Crippen molar-refractivity contribution < 1.29 is 9.59 Å². The van der Waals surface area contributed by atoms with Gasteiger partial charge in [-0.05, 0) is 25.5 Å². The third-order valence-electron chi connectivity index (χ3n) is 2.25. The largest absolute Gasteiger partial charge is 0.352 e. The lowest BCUT2D eigenvalue weighted by Crippen LogP contribution is -2.30. The van der Waals surface area contributed by atoms with Gasteiger partial charge in [0.1, 0.15) is 0 Å². The summed E-state index contributed by atoms with van der Waals surface area (Å²) in [6.45, 7) is 6.22. The summed E-state index contributed by atoms with van der Waals surface area (Å²) in [6.07, 6.45) is 3.82. The van der Waals surface area contributed by atoms with Crippen LogP contribution >= 0.6 is 0 Å². The lowest BCUT2D eigenvalue weighted by Gasteiger charge is -2.06. The number of carbonyl (C=O) groups is 2. The Hall–Kier alpha value is -2.17. The van der Waals surface area contributed by atoms with Crippen LogP contribution in [-0.4, -0.2) is 29.9 Å². The Bertz CT molecular complexity index is 429. The van der Waals surface area contributed by atoms with Crippen LogP contribution in [-0.2, 0) is 4.79 Å². The summed E-state index contributed by atoms with van der Waals surface area (Å²) in [7, 11) is 0. The smallest absolute Gasteiger partial charge is 0.251 e. The Morgan fingerprint density at radius 1 is 1.22 bits per heavy atom. The Labute approximate surface area is 106 Å². The first kappa shape index (κ1) is 13.9. The van der Waals surface area contributed by atoms with Crippen molar-refractivity contribution in [3.8, 4) is 0 Å². The van der Waals surface area contributed by atoms with E-state index < -0.39 is 0 Å². The lowest BCUT2D eigenvalue weighted by atomic mass is 10.2. The van der Waals surface area contributed by atoms with E-state index in [2.05, 4.69) is 22.2 Å². The first-order valence-electron chi connectivity index (χ1n) is 5.73. The molecule has 0 fully saturated rings. The fourth-order valence-corrected chi connectivity index (χ4v) is 1.25. The third kappa shape index (κ3) is 4.78. The molecule has 0 saturated heterocycles. The molecule has 96 valence electrons. The highest BCUT2D eigenvalue weighted by molar-refractivity contribution is 5.94. The maximum Gasteiger partial charge on any atom is 0.251 e. The van der Waals surface area contributed by atoms with Gasteiger partial charge in [-0.2, -0.15) is 0 Å². The first-order valence-corrected chi connectivity index (χ1v) is 5.73. The summed E-state index contributed by atoms with van der Waals surface area (Å²) in [5, 5.41) is 5.46. The molecule has 0 atom stereocenters. The highest BCUT2D eigenvalue weighted by Crippen LogP contribution is 1.95. The summed E-state index contributed by atoms with van der Waals surface area (Å²) in [5.74, 6) is -0.293. The molecule has 1 aromatic heterocycles. The Morgan fingerprint density at radius 3 is 2.44 bits per heavy atom. The van der Waals surface area contributed by atoms with Crippen molar-refractivity contribution >= 4 is 11.8 Å². The number of amides is 2. The third-order valence-corrected chi connectivity index (χ3v) is 2.25. The topological polar surface area (TPSA) is 71.1 Å². The molecule has 1 rings (SSSR count). The summed E-state index contributed by atoms with van der Waals surface area (Å²) < 4.78 is 0. The van der Waals surface area contributed by atoms with Gasteiger partial charge < -0.3 is 10.6 Å². The summed E-state index contributed by atoms with van der Waals surface area (Å²) >= 11 is 0. The minimum Gasteiger partial charge on any atom is -0.352 e. The predicted octanol–water partition coefficient (Wildman–Crippen LogP) is 0.894. The van der Waals surface area contributed by atoms with Crippen LogP contribution in [0.3, 0.4) is 0 Å². The molecule has 1 aromatic rings. The van der Waals surface area contributed by atoms with Gasteiger partial charge in [-0.1, -0.05) is 6.58 Å². The second kappa shape index (κ2) is 7.21. The molecule has 2 amide bonds. The average molecular weight is 247 g/mol. The molecular formula is C13H17N3O2. The van der Waals surface area contributed by atoms with Crippen LogP contribution in [0.1, 0.15) is 23.7 Å². The van der Waals surface area contributed by atoms with Crippen LogP contribution in [0.4, 0.5) is 0 Å². The van der Waals surface area contributed by atoms with E-state index in [9.17, 15) is 9.59 Å². The van der Waals surface area contributed by atoms with Gasteiger partial charge in [-0.3, -0.25) is 14.6 Å². The van der Waals surface area contributed by atoms with E-state index in [-0.39, 0.29) is 11.8 Å². The second-order valence-electron chi connectivity index (χ2n) is 3.88. The van der Waals surface area contributed by atoms with E-state index in [4.69, 9.17) is 0 Å². The Kier molecular flexibility index (Phi) is 5.57. The van der Waals surface area contributed by atoms with Gasteiger partial charge in [0.25, 0.3) is 5.91 Å². The van der Waals surface area contributed by atoms with E-state index in [1.54, 1.807) is 31.5 Å². The van der Waals surface area contributed by atoms with E-state index in [1.807, 2.05) is 0 Å². The van der Waals surface area contributed by atoms with Crippen molar-refractivity contribution in [1.29, 1.82) is 0 Å². The molecule has 0 aliphatic carbocycles. The van der Waals surface area contributed by atoms with Crippen LogP contribution in [0.5, 0.6) is 0 Å².